The molecule has 4 rings (SSSR count). The van der Waals surface area contributed by atoms with Gasteiger partial charge in [0.15, 0.2) is 5.75 Å². The first kappa shape index (κ1) is 24.5. The van der Waals surface area contributed by atoms with Crippen molar-refractivity contribution in [1.29, 1.82) is 0 Å². The minimum absolute atomic E-state index is 0.0712. The van der Waals surface area contributed by atoms with Crippen molar-refractivity contribution >= 4 is 50.5 Å². The molecular weight excluding hydrogens is 514 g/mol. The fourth-order valence-electron chi connectivity index (χ4n) is 3.05. The van der Waals surface area contributed by atoms with Crippen LogP contribution in [0.25, 0.3) is 0 Å². The highest BCUT2D eigenvalue weighted by Crippen LogP contribution is 2.34. The summed E-state index contributed by atoms with van der Waals surface area (Å²) in [5.74, 6) is -0.809. The molecule has 2 N–H and O–H groups in total. The molecule has 0 saturated carbocycles. The Morgan fingerprint density at radius 1 is 0.800 bits per heavy atom. The fourth-order valence-corrected chi connectivity index (χ4v) is 4.42. The monoisotopic (exact) mass is 530 g/mol. The van der Waals surface area contributed by atoms with E-state index in [0.29, 0.717) is 10.8 Å². The van der Waals surface area contributed by atoms with Gasteiger partial charge in [-0.3, -0.25) is 9.52 Å². The van der Waals surface area contributed by atoms with Crippen molar-refractivity contribution in [2.75, 3.05) is 10.0 Å². The van der Waals surface area contributed by atoms with Crippen LogP contribution in [-0.4, -0.2) is 14.3 Å². The molecule has 0 aromatic heterocycles. The van der Waals surface area contributed by atoms with Crippen LogP contribution in [0.1, 0.15) is 10.4 Å². The van der Waals surface area contributed by atoms with Crippen LogP contribution in [0.15, 0.2) is 95.9 Å². The van der Waals surface area contributed by atoms with Gasteiger partial charge in [-0.15, -0.1) is 0 Å². The van der Waals surface area contributed by atoms with E-state index in [4.69, 9.17) is 27.9 Å². The number of carbonyl (C=O) groups is 1. The smallest absolute Gasteiger partial charge is 0.262 e. The summed E-state index contributed by atoms with van der Waals surface area (Å²) >= 11 is 11.9. The van der Waals surface area contributed by atoms with E-state index in [1.807, 2.05) is 6.07 Å². The van der Waals surface area contributed by atoms with Crippen molar-refractivity contribution in [3.8, 4) is 11.5 Å². The quantitative estimate of drug-likeness (QED) is 0.270. The summed E-state index contributed by atoms with van der Waals surface area (Å²) in [5.41, 5.74) is 0.153. The lowest BCUT2D eigenvalue weighted by atomic mass is 10.2. The molecule has 0 radical (unpaired) electrons. The molecule has 0 atom stereocenters. The number of hydrogen-bond acceptors (Lipinski definition) is 4. The van der Waals surface area contributed by atoms with Crippen molar-refractivity contribution in [3.05, 3.63) is 112 Å². The number of halogens is 3. The van der Waals surface area contributed by atoms with Gasteiger partial charge in [0.25, 0.3) is 15.9 Å². The predicted octanol–water partition coefficient (Wildman–Crippen LogP) is 6.98. The van der Waals surface area contributed by atoms with Gasteiger partial charge in [0, 0.05) is 15.6 Å². The second kappa shape index (κ2) is 10.4. The van der Waals surface area contributed by atoms with Crippen LogP contribution >= 0.6 is 23.2 Å². The molecule has 4 aromatic rings. The van der Waals surface area contributed by atoms with Crippen molar-refractivity contribution in [2.24, 2.45) is 0 Å². The Bertz CT molecular complexity index is 1480. The maximum atomic E-state index is 14.7. The van der Waals surface area contributed by atoms with Gasteiger partial charge in [0.1, 0.15) is 11.6 Å². The third-order valence-electron chi connectivity index (χ3n) is 4.76. The Kier molecular flexibility index (Phi) is 7.25. The number of carbonyl (C=O) groups excluding carboxylic acids is 1. The average Bonchev–Trinajstić information content (AvgIpc) is 2.83. The number of ether oxygens (including phenoxy) is 1. The van der Waals surface area contributed by atoms with Gasteiger partial charge < -0.3 is 10.1 Å². The summed E-state index contributed by atoms with van der Waals surface area (Å²) in [6.07, 6.45) is 0. The molecule has 0 aliphatic heterocycles. The minimum Gasteiger partial charge on any atom is -0.455 e. The van der Waals surface area contributed by atoms with E-state index < -0.39 is 21.7 Å². The summed E-state index contributed by atoms with van der Waals surface area (Å²) in [6, 6.07) is 22.4. The summed E-state index contributed by atoms with van der Waals surface area (Å²) in [7, 11) is -4.23. The number of hydrogen-bond donors (Lipinski definition) is 2. The molecule has 0 spiro atoms. The number of sulfonamides is 1. The number of anilines is 2. The number of rotatable bonds is 7. The highest BCUT2D eigenvalue weighted by molar-refractivity contribution is 7.92. The third kappa shape index (κ3) is 6.10. The maximum Gasteiger partial charge on any atom is 0.262 e. The molecule has 178 valence electrons. The van der Waals surface area contributed by atoms with Crippen molar-refractivity contribution in [1.82, 2.24) is 0 Å². The first-order valence-electron chi connectivity index (χ1n) is 10.1. The molecule has 0 heterocycles. The van der Waals surface area contributed by atoms with Crippen LogP contribution in [0.2, 0.25) is 10.0 Å². The molecule has 0 aliphatic carbocycles. The fraction of sp³-hybridized carbons (Fsp3) is 0. The second-order valence-electron chi connectivity index (χ2n) is 7.26. The lowest BCUT2D eigenvalue weighted by molar-refractivity contribution is 0.102. The van der Waals surface area contributed by atoms with Gasteiger partial charge in [-0.25, -0.2) is 12.8 Å². The molecule has 0 aliphatic rings. The zero-order chi connectivity index (χ0) is 25.0. The number of nitrogens with one attached hydrogen (secondary N) is 2. The van der Waals surface area contributed by atoms with Gasteiger partial charge in [-0.1, -0.05) is 41.4 Å². The summed E-state index contributed by atoms with van der Waals surface area (Å²) < 4.78 is 48.8. The minimum atomic E-state index is -4.23. The Balaban J connectivity index is 1.55. The van der Waals surface area contributed by atoms with E-state index >= 15 is 0 Å². The zero-order valence-electron chi connectivity index (χ0n) is 17.8. The molecule has 6 nitrogen and oxygen atoms in total. The lowest BCUT2D eigenvalue weighted by Gasteiger charge is -2.14. The van der Waals surface area contributed by atoms with E-state index in [0.717, 1.165) is 12.1 Å². The maximum absolute atomic E-state index is 14.7. The molecule has 0 fully saturated rings. The highest BCUT2D eigenvalue weighted by atomic mass is 35.5. The largest absolute Gasteiger partial charge is 0.455 e. The van der Waals surface area contributed by atoms with Gasteiger partial charge >= 0.3 is 0 Å². The Labute approximate surface area is 211 Å². The second-order valence-corrected chi connectivity index (χ2v) is 9.82. The first-order valence-corrected chi connectivity index (χ1v) is 12.4. The summed E-state index contributed by atoms with van der Waals surface area (Å²) in [5, 5.41) is 3.13. The SMILES string of the molecule is O=C(Nc1ccc(S(=O)(=O)Nc2cc(Cl)ccc2Oc2ccccc2)cc1F)c1ccc(Cl)cc1. The molecule has 35 heavy (non-hydrogen) atoms. The predicted molar refractivity (Wildman–Crippen MR) is 135 cm³/mol. The van der Waals surface area contributed by atoms with Gasteiger partial charge in [-0.05, 0) is 72.8 Å². The van der Waals surface area contributed by atoms with Gasteiger partial charge in [0.05, 0.1) is 16.3 Å². The molecule has 0 unspecified atom stereocenters. The van der Waals surface area contributed by atoms with E-state index in [2.05, 4.69) is 10.0 Å². The molecule has 10 heteroatoms. The van der Waals surface area contributed by atoms with Crippen LogP contribution in [0.3, 0.4) is 0 Å². The number of para-hydroxylation sites is 1. The van der Waals surface area contributed by atoms with E-state index in [-0.39, 0.29) is 32.6 Å². The van der Waals surface area contributed by atoms with E-state index in [9.17, 15) is 17.6 Å². The lowest BCUT2D eigenvalue weighted by Crippen LogP contribution is -2.16. The van der Waals surface area contributed by atoms with Gasteiger partial charge in [0.2, 0.25) is 0 Å². The molecule has 1 amide bonds. The molecular formula is C25H17Cl2FN2O4S. The average molecular weight is 531 g/mol. The van der Waals surface area contributed by atoms with E-state index in [1.165, 1.54) is 42.5 Å². The summed E-state index contributed by atoms with van der Waals surface area (Å²) in [4.78, 5) is 12.0. The number of benzene rings is 4. The van der Waals surface area contributed by atoms with Crippen LogP contribution < -0.4 is 14.8 Å². The summed E-state index contributed by atoms with van der Waals surface area (Å²) in [6.45, 7) is 0. The normalized spacial score (nSPS) is 11.1. The van der Waals surface area contributed by atoms with Crippen LogP contribution in [0.4, 0.5) is 15.8 Å². The topological polar surface area (TPSA) is 84.5 Å². The number of amides is 1. The Morgan fingerprint density at radius 2 is 1.49 bits per heavy atom. The third-order valence-corrected chi connectivity index (χ3v) is 6.61. The first-order chi connectivity index (χ1) is 16.7. The van der Waals surface area contributed by atoms with Crippen molar-refractivity contribution in [2.45, 2.75) is 4.90 Å². The van der Waals surface area contributed by atoms with Crippen LogP contribution in [-0.2, 0) is 10.0 Å². The highest BCUT2D eigenvalue weighted by Gasteiger charge is 2.20. The van der Waals surface area contributed by atoms with Gasteiger partial charge in [-0.2, -0.15) is 0 Å². The van der Waals surface area contributed by atoms with Crippen molar-refractivity contribution < 1.29 is 22.3 Å². The Morgan fingerprint density at radius 3 is 2.17 bits per heavy atom. The molecule has 0 saturated heterocycles. The van der Waals surface area contributed by atoms with E-state index in [1.54, 1.807) is 30.3 Å². The molecule has 0 bridgehead atoms. The van der Waals surface area contributed by atoms with Crippen LogP contribution in [0.5, 0.6) is 11.5 Å². The standard InChI is InChI=1S/C25H17Cl2FN2O4S/c26-17-8-6-16(7-9-17)25(31)29-22-12-11-20(15-21(22)28)35(32,33)30-23-14-18(27)10-13-24(23)34-19-4-2-1-3-5-19/h1-15,30H,(H,29,31). The van der Waals surface area contributed by atoms with Crippen molar-refractivity contribution in [3.63, 3.8) is 0 Å². The molecule has 4 aromatic carbocycles. The van der Waals surface area contributed by atoms with Crippen LogP contribution in [0, 0.1) is 5.82 Å². The zero-order valence-corrected chi connectivity index (χ0v) is 20.2. The Hall–Kier alpha value is -3.59.